The Hall–Kier alpha value is -2.22. The fourth-order valence-electron chi connectivity index (χ4n) is 4.39. The van der Waals surface area contributed by atoms with E-state index in [9.17, 15) is 4.79 Å². The maximum Gasteiger partial charge on any atom is 0.250 e. The fraction of sp³-hybridized carbons (Fsp3) is 0.526. The number of benzene rings is 1. The molecular weight excluding hydrogens is 360 g/mol. The van der Waals surface area contributed by atoms with Crippen LogP contribution in [-0.2, 0) is 4.79 Å². The Bertz CT molecular complexity index is 877. The molecule has 2 bridgehead atoms. The van der Waals surface area contributed by atoms with Crippen LogP contribution >= 0.6 is 11.8 Å². The molecule has 142 valence electrons. The zero-order valence-electron chi connectivity index (χ0n) is 15.8. The summed E-state index contributed by atoms with van der Waals surface area (Å²) in [6.45, 7) is 6.94. The maximum atomic E-state index is 12.3. The summed E-state index contributed by atoms with van der Waals surface area (Å²) >= 11 is 1.30. The summed E-state index contributed by atoms with van der Waals surface area (Å²) in [5, 5.41) is 16.8. The number of thioether (sulfide) groups is 1. The van der Waals surface area contributed by atoms with E-state index in [-0.39, 0.29) is 22.5 Å². The zero-order valence-corrected chi connectivity index (χ0v) is 16.7. The number of fused-ring (bicyclic) bond motifs is 2. The molecule has 27 heavy (non-hydrogen) atoms. The Balaban J connectivity index is 1.38. The molecule has 2 aliphatic rings. The Morgan fingerprint density at radius 1 is 1.33 bits per heavy atom. The molecule has 2 saturated carbocycles. The number of nitrogens with one attached hydrogen (secondary N) is 1. The van der Waals surface area contributed by atoms with Crippen molar-refractivity contribution >= 4 is 23.4 Å². The molecule has 7 nitrogen and oxygen atoms in total. The van der Waals surface area contributed by atoms with Gasteiger partial charge >= 0.3 is 0 Å². The summed E-state index contributed by atoms with van der Waals surface area (Å²) in [6, 6.07) is 9.62. The number of aromatic nitrogens is 4. The lowest BCUT2D eigenvalue weighted by atomic mass is 9.70. The van der Waals surface area contributed by atoms with Crippen LogP contribution in [0.5, 0.6) is 0 Å². The smallest absolute Gasteiger partial charge is 0.250 e. The number of hydrazone groups is 1. The number of para-hydroxylation sites is 1. The minimum atomic E-state index is -0.140. The van der Waals surface area contributed by atoms with E-state index in [1.807, 2.05) is 30.3 Å². The van der Waals surface area contributed by atoms with Crippen LogP contribution in [-0.4, -0.2) is 37.6 Å². The van der Waals surface area contributed by atoms with Crippen molar-refractivity contribution in [2.75, 3.05) is 5.75 Å². The molecule has 0 aliphatic heterocycles. The van der Waals surface area contributed by atoms with Crippen LogP contribution in [0.2, 0.25) is 0 Å². The van der Waals surface area contributed by atoms with Crippen molar-refractivity contribution in [1.82, 2.24) is 25.6 Å². The lowest BCUT2D eigenvalue weighted by Crippen LogP contribution is -2.34. The summed E-state index contributed by atoms with van der Waals surface area (Å²) in [5.41, 5.74) is 5.09. The van der Waals surface area contributed by atoms with Crippen molar-refractivity contribution in [3.8, 4) is 5.69 Å². The van der Waals surface area contributed by atoms with Gasteiger partial charge in [-0.1, -0.05) is 50.7 Å². The highest BCUT2D eigenvalue weighted by Crippen LogP contribution is 2.63. The molecule has 0 saturated heterocycles. The highest BCUT2D eigenvalue weighted by Gasteiger charge is 2.59. The molecular formula is C19H24N6OS. The second-order valence-corrected chi connectivity index (χ2v) is 9.03. The lowest BCUT2D eigenvalue weighted by molar-refractivity contribution is -0.118. The Morgan fingerprint density at radius 3 is 2.78 bits per heavy atom. The normalized spacial score (nSPS) is 27.2. The first kappa shape index (κ1) is 18.2. The van der Waals surface area contributed by atoms with E-state index in [1.54, 1.807) is 4.68 Å². The monoisotopic (exact) mass is 384 g/mol. The van der Waals surface area contributed by atoms with Crippen LogP contribution in [0.4, 0.5) is 0 Å². The number of hydrogen-bond donors (Lipinski definition) is 1. The van der Waals surface area contributed by atoms with Crippen molar-refractivity contribution < 1.29 is 4.79 Å². The maximum absolute atomic E-state index is 12.3. The molecule has 8 heteroatoms. The van der Waals surface area contributed by atoms with E-state index in [2.05, 4.69) is 46.8 Å². The van der Waals surface area contributed by atoms with Crippen molar-refractivity contribution in [2.45, 2.75) is 45.2 Å². The molecule has 2 atom stereocenters. The highest BCUT2D eigenvalue weighted by atomic mass is 32.2. The molecule has 4 rings (SSSR count). The summed E-state index contributed by atoms with van der Waals surface area (Å²) in [7, 11) is 0. The molecule has 2 unspecified atom stereocenters. The molecule has 2 fully saturated rings. The summed E-state index contributed by atoms with van der Waals surface area (Å²) in [4.78, 5) is 12.3. The van der Waals surface area contributed by atoms with E-state index in [4.69, 9.17) is 0 Å². The van der Waals surface area contributed by atoms with Gasteiger partial charge in [0.25, 0.3) is 5.91 Å². The number of nitrogens with zero attached hydrogens (tertiary/aromatic N) is 5. The minimum Gasteiger partial charge on any atom is -0.272 e. The van der Waals surface area contributed by atoms with Crippen LogP contribution in [0.25, 0.3) is 5.69 Å². The van der Waals surface area contributed by atoms with Gasteiger partial charge in [-0.15, -0.1) is 5.10 Å². The van der Waals surface area contributed by atoms with E-state index >= 15 is 0 Å². The Morgan fingerprint density at radius 2 is 2.11 bits per heavy atom. The Kier molecular flexibility index (Phi) is 4.53. The van der Waals surface area contributed by atoms with Gasteiger partial charge in [0, 0.05) is 11.1 Å². The zero-order chi connectivity index (χ0) is 19.1. The molecule has 1 N–H and O–H groups in total. The third kappa shape index (κ3) is 3.05. The van der Waals surface area contributed by atoms with E-state index in [0.717, 1.165) is 24.2 Å². The van der Waals surface area contributed by atoms with Crippen molar-refractivity contribution in [3.05, 3.63) is 30.3 Å². The predicted octanol–water partition coefficient (Wildman–Crippen LogP) is 3.07. The van der Waals surface area contributed by atoms with E-state index in [0.29, 0.717) is 11.1 Å². The van der Waals surface area contributed by atoms with Crippen LogP contribution in [0.3, 0.4) is 0 Å². The molecule has 0 spiro atoms. The van der Waals surface area contributed by atoms with Crippen LogP contribution in [0.15, 0.2) is 40.6 Å². The van der Waals surface area contributed by atoms with Gasteiger partial charge in [0.1, 0.15) is 0 Å². The highest BCUT2D eigenvalue weighted by molar-refractivity contribution is 7.99. The van der Waals surface area contributed by atoms with Crippen molar-refractivity contribution in [2.24, 2.45) is 21.8 Å². The molecule has 0 radical (unpaired) electrons. The summed E-state index contributed by atoms with van der Waals surface area (Å²) < 4.78 is 1.63. The summed E-state index contributed by atoms with van der Waals surface area (Å²) in [5.74, 6) is 0.746. The SMILES string of the molecule is CC12CCC(C/C1=N/NC(=O)CSc1nnnn1-c1ccccc1)C2(C)C. The number of amides is 1. The average Bonchev–Trinajstić information content (AvgIpc) is 3.27. The summed E-state index contributed by atoms with van der Waals surface area (Å²) in [6.07, 6.45) is 3.40. The number of carbonyl (C=O) groups excluding carboxylic acids is 1. The lowest BCUT2D eigenvalue weighted by Gasteiger charge is -2.34. The second kappa shape index (κ2) is 6.74. The fourth-order valence-corrected chi connectivity index (χ4v) is 5.07. The van der Waals surface area contributed by atoms with Crippen LogP contribution in [0, 0.1) is 16.7 Å². The average molecular weight is 385 g/mol. The number of rotatable bonds is 5. The first-order valence-electron chi connectivity index (χ1n) is 9.24. The number of hydrogen-bond acceptors (Lipinski definition) is 6. The quantitative estimate of drug-likeness (QED) is 0.632. The minimum absolute atomic E-state index is 0.0928. The third-order valence-corrected chi connectivity index (χ3v) is 7.52. The van der Waals surface area contributed by atoms with Crippen LogP contribution in [0.1, 0.15) is 40.0 Å². The first-order valence-corrected chi connectivity index (χ1v) is 10.2. The van der Waals surface area contributed by atoms with Gasteiger partial charge in [-0.2, -0.15) is 9.78 Å². The molecule has 1 aromatic carbocycles. The van der Waals surface area contributed by atoms with Gasteiger partial charge in [0.2, 0.25) is 5.16 Å². The van der Waals surface area contributed by atoms with Gasteiger partial charge in [0.15, 0.2) is 0 Å². The third-order valence-electron chi connectivity index (χ3n) is 6.60. The van der Waals surface area contributed by atoms with E-state index in [1.165, 1.54) is 18.2 Å². The molecule has 2 aliphatic carbocycles. The molecule has 1 aromatic heterocycles. The Labute approximate surface area is 163 Å². The molecule has 1 heterocycles. The molecule has 1 amide bonds. The van der Waals surface area contributed by atoms with Gasteiger partial charge in [0.05, 0.1) is 11.4 Å². The topological polar surface area (TPSA) is 85.1 Å². The van der Waals surface area contributed by atoms with Gasteiger partial charge < -0.3 is 0 Å². The standard InChI is InChI=1S/C19H24N6OS/c1-18(2)13-9-10-19(18,3)15(11-13)20-21-16(26)12-27-17-22-23-24-25(17)14-7-5-4-6-8-14/h4-8,13H,9-12H2,1-3H3,(H,21,26)/b20-15-. The number of carbonyl (C=O) groups is 1. The van der Waals surface area contributed by atoms with Gasteiger partial charge in [-0.25, -0.2) is 5.43 Å². The largest absolute Gasteiger partial charge is 0.272 e. The predicted molar refractivity (Wildman–Crippen MR) is 105 cm³/mol. The van der Waals surface area contributed by atoms with Crippen LogP contribution < -0.4 is 5.43 Å². The van der Waals surface area contributed by atoms with Gasteiger partial charge in [-0.05, 0) is 53.2 Å². The molecule has 2 aromatic rings. The van der Waals surface area contributed by atoms with Gasteiger partial charge in [-0.3, -0.25) is 4.79 Å². The van der Waals surface area contributed by atoms with Crippen molar-refractivity contribution in [3.63, 3.8) is 0 Å². The van der Waals surface area contributed by atoms with Crippen molar-refractivity contribution in [1.29, 1.82) is 0 Å². The second-order valence-electron chi connectivity index (χ2n) is 8.08. The first-order chi connectivity index (χ1) is 12.9. The van der Waals surface area contributed by atoms with E-state index < -0.39 is 0 Å². The number of tetrazole rings is 1.